The standard InChI is InChI=1S/C50H50/c1-27-31(5)45(32(6)28(2)43(27)37-21-17-25-41-47(37)35-19-13-15-23-39(35)49(41,9)10)46-33(7)29(3)44(30(4)34(46)8)38-22-18-26-42-48(38)36-20-14-16-24-40(36)50(42,11)12/h13-26H,1-12H3. The fourth-order valence-electron chi connectivity index (χ4n) is 10.1. The van der Waals surface area contributed by atoms with Crippen LogP contribution in [0.15, 0.2) is 84.9 Å². The highest BCUT2D eigenvalue weighted by Crippen LogP contribution is 2.56. The summed E-state index contributed by atoms with van der Waals surface area (Å²) in [6.45, 7) is 28.4. The number of rotatable bonds is 3. The number of hydrogen-bond donors (Lipinski definition) is 0. The molecule has 0 heterocycles. The first-order valence-corrected chi connectivity index (χ1v) is 18.4. The molecule has 0 atom stereocenters. The Morgan fingerprint density at radius 3 is 0.860 bits per heavy atom. The monoisotopic (exact) mass is 650 g/mol. The minimum Gasteiger partial charge on any atom is -0.0619 e. The van der Waals surface area contributed by atoms with Gasteiger partial charge in [0.25, 0.3) is 0 Å². The molecule has 0 aromatic heterocycles. The largest absolute Gasteiger partial charge is 0.0619 e. The highest BCUT2D eigenvalue weighted by atomic mass is 14.4. The number of benzene rings is 6. The van der Waals surface area contributed by atoms with Crippen LogP contribution in [0.2, 0.25) is 0 Å². The second kappa shape index (κ2) is 10.9. The average Bonchev–Trinajstić information content (AvgIpc) is 3.49. The quantitative estimate of drug-likeness (QED) is 0.179. The first kappa shape index (κ1) is 32.5. The van der Waals surface area contributed by atoms with Crippen LogP contribution in [0.3, 0.4) is 0 Å². The van der Waals surface area contributed by atoms with Crippen LogP contribution in [0.25, 0.3) is 55.6 Å². The molecule has 250 valence electrons. The second-order valence-corrected chi connectivity index (χ2v) is 16.3. The van der Waals surface area contributed by atoms with Crippen LogP contribution in [-0.4, -0.2) is 0 Å². The molecule has 0 saturated carbocycles. The predicted molar refractivity (Wildman–Crippen MR) is 216 cm³/mol. The van der Waals surface area contributed by atoms with Gasteiger partial charge in [-0.1, -0.05) is 113 Å². The lowest BCUT2D eigenvalue weighted by molar-refractivity contribution is 0.660. The molecule has 0 nitrogen and oxygen atoms in total. The van der Waals surface area contributed by atoms with Gasteiger partial charge in [-0.25, -0.2) is 0 Å². The molecule has 0 unspecified atom stereocenters. The van der Waals surface area contributed by atoms with E-state index in [1.807, 2.05) is 0 Å². The topological polar surface area (TPSA) is 0 Å². The molecule has 50 heavy (non-hydrogen) atoms. The van der Waals surface area contributed by atoms with Gasteiger partial charge >= 0.3 is 0 Å². The lowest BCUT2D eigenvalue weighted by Gasteiger charge is -2.28. The van der Waals surface area contributed by atoms with E-state index in [2.05, 4.69) is 168 Å². The second-order valence-electron chi connectivity index (χ2n) is 16.3. The maximum atomic E-state index is 2.38. The third-order valence-corrected chi connectivity index (χ3v) is 13.3. The van der Waals surface area contributed by atoms with Gasteiger partial charge in [0, 0.05) is 10.8 Å². The normalized spacial score (nSPS) is 14.7. The Kier molecular flexibility index (Phi) is 7.09. The molecule has 0 spiro atoms. The van der Waals surface area contributed by atoms with Crippen molar-refractivity contribution in [2.45, 2.75) is 93.9 Å². The van der Waals surface area contributed by atoms with E-state index in [0.717, 1.165) is 0 Å². The summed E-state index contributed by atoms with van der Waals surface area (Å²) in [5.41, 5.74) is 30.7. The molecule has 0 saturated heterocycles. The summed E-state index contributed by atoms with van der Waals surface area (Å²) in [6.07, 6.45) is 0. The van der Waals surface area contributed by atoms with E-state index in [9.17, 15) is 0 Å². The van der Waals surface area contributed by atoms with Crippen molar-refractivity contribution in [1.29, 1.82) is 0 Å². The van der Waals surface area contributed by atoms with Gasteiger partial charge in [-0.05, 0) is 178 Å². The first-order chi connectivity index (χ1) is 23.7. The summed E-state index contributed by atoms with van der Waals surface area (Å²) in [5, 5.41) is 0. The Morgan fingerprint density at radius 2 is 0.520 bits per heavy atom. The summed E-state index contributed by atoms with van der Waals surface area (Å²) in [6, 6.07) is 32.0. The average molecular weight is 651 g/mol. The molecule has 0 amide bonds. The van der Waals surface area contributed by atoms with Crippen molar-refractivity contribution in [2.75, 3.05) is 0 Å². The van der Waals surface area contributed by atoms with Crippen LogP contribution < -0.4 is 0 Å². The number of fused-ring (bicyclic) bond motifs is 6. The predicted octanol–water partition coefficient (Wildman–Crippen LogP) is 13.8. The number of hydrogen-bond acceptors (Lipinski definition) is 0. The molecule has 0 aliphatic heterocycles. The molecule has 6 aromatic rings. The third kappa shape index (κ3) is 4.11. The maximum Gasteiger partial charge on any atom is 0.0159 e. The van der Waals surface area contributed by atoms with E-state index in [4.69, 9.17) is 0 Å². The lowest BCUT2D eigenvalue weighted by atomic mass is 9.76. The fourth-order valence-corrected chi connectivity index (χ4v) is 10.1. The van der Waals surface area contributed by atoms with Gasteiger partial charge in [-0.3, -0.25) is 0 Å². The summed E-state index contributed by atoms with van der Waals surface area (Å²) in [7, 11) is 0. The Balaban J connectivity index is 1.35. The summed E-state index contributed by atoms with van der Waals surface area (Å²) in [5.74, 6) is 0. The Morgan fingerprint density at radius 1 is 0.260 bits per heavy atom. The van der Waals surface area contributed by atoms with Gasteiger partial charge in [0.1, 0.15) is 0 Å². The summed E-state index contributed by atoms with van der Waals surface area (Å²) >= 11 is 0. The van der Waals surface area contributed by atoms with Crippen LogP contribution in [0, 0.1) is 55.4 Å². The zero-order valence-corrected chi connectivity index (χ0v) is 32.1. The first-order valence-electron chi connectivity index (χ1n) is 18.4. The highest BCUT2D eigenvalue weighted by molar-refractivity contribution is 5.98. The Labute approximate surface area is 300 Å². The molecule has 2 aliphatic rings. The van der Waals surface area contributed by atoms with Gasteiger partial charge in [-0.2, -0.15) is 0 Å². The SMILES string of the molecule is Cc1c(C)c(-c2c(C)c(C)c(-c3cccc4c3-c3ccccc3C4(C)C)c(C)c2C)c(C)c(C)c1-c1cccc2c1-c1ccccc1C2(C)C. The van der Waals surface area contributed by atoms with Crippen molar-refractivity contribution in [3.8, 4) is 55.6 Å². The zero-order valence-electron chi connectivity index (χ0n) is 32.1. The van der Waals surface area contributed by atoms with Crippen molar-refractivity contribution in [3.63, 3.8) is 0 Å². The minimum atomic E-state index is -0.0183. The lowest BCUT2D eigenvalue weighted by Crippen LogP contribution is -2.14. The van der Waals surface area contributed by atoms with Crippen molar-refractivity contribution in [3.05, 3.63) is 152 Å². The van der Waals surface area contributed by atoms with E-state index in [0.29, 0.717) is 0 Å². The van der Waals surface area contributed by atoms with Gasteiger partial charge in [0.05, 0.1) is 0 Å². The van der Waals surface area contributed by atoms with Crippen LogP contribution in [0.1, 0.15) is 94.5 Å². The van der Waals surface area contributed by atoms with Crippen molar-refractivity contribution < 1.29 is 0 Å². The molecule has 0 heteroatoms. The molecule has 0 bridgehead atoms. The molecule has 0 radical (unpaired) electrons. The van der Waals surface area contributed by atoms with E-state index < -0.39 is 0 Å². The van der Waals surface area contributed by atoms with Gasteiger partial charge in [0.2, 0.25) is 0 Å². The smallest absolute Gasteiger partial charge is 0.0159 e. The van der Waals surface area contributed by atoms with Crippen molar-refractivity contribution in [2.24, 2.45) is 0 Å². The molecule has 0 N–H and O–H groups in total. The van der Waals surface area contributed by atoms with Crippen LogP contribution in [-0.2, 0) is 10.8 Å². The van der Waals surface area contributed by atoms with Crippen LogP contribution >= 0.6 is 0 Å². The zero-order chi connectivity index (χ0) is 35.6. The molecular weight excluding hydrogens is 601 g/mol. The maximum absolute atomic E-state index is 2.38. The summed E-state index contributed by atoms with van der Waals surface area (Å²) < 4.78 is 0. The van der Waals surface area contributed by atoms with Crippen LogP contribution in [0.4, 0.5) is 0 Å². The molecule has 0 fully saturated rings. The van der Waals surface area contributed by atoms with E-state index in [1.165, 1.54) is 122 Å². The van der Waals surface area contributed by atoms with Crippen molar-refractivity contribution >= 4 is 0 Å². The van der Waals surface area contributed by atoms with Crippen molar-refractivity contribution in [1.82, 2.24) is 0 Å². The summed E-state index contributed by atoms with van der Waals surface area (Å²) in [4.78, 5) is 0. The van der Waals surface area contributed by atoms with Gasteiger partial charge in [-0.15, -0.1) is 0 Å². The minimum absolute atomic E-state index is 0.0183. The Bertz CT molecular complexity index is 2210. The fraction of sp³-hybridized carbons (Fsp3) is 0.280. The molecule has 8 rings (SSSR count). The van der Waals surface area contributed by atoms with Gasteiger partial charge < -0.3 is 0 Å². The van der Waals surface area contributed by atoms with Crippen LogP contribution in [0.5, 0.6) is 0 Å². The third-order valence-electron chi connectivity index (χ3n) is 13.3. The van der Waals surface area contributed by atoms with E-state index in [-0.39, 0.29) is 10.8 Å². The Hall–Kier alpha value is -4.68. The van der Waals surface area contributed by atoms with Gasteiger partial charge in [0.15, 0.2) is 0 Å². The highest BCUT2D eigenvalue weighted by Gasteiger charge is 2.39. The molecule has 2 aliphatic carbocycles. The van der Waals surface area contributed by atoms with E-state index in [1.54, 1.807) is 0 Å². The van der Waals surface area contributed by atoms with E-state index >= 15 is 0 Å². The molecular formula is C50H50. The molecule has 6 aromatic carbocycles.